The lowest BCUT2D eigenvalue weighted by Crippen LogP contribution is -2.26. The van der Waals surface area contributed by atoms with Crippen molar-refractivity contribution in [2.75, 3.05) is 0 Å². The monoisotopic (exact) mass is 253 g/mol. The highest BCUT2D eigenvalue weighted by atomic mass is 32.1. The fraction of sp³-hybridized carbons (Fsp3) is 0.300. The van der Waals surface area contributed by atoms with E-state index in [1.165, 1.54) is 6.07 Å². The molecule has 90 valence electrons. The van der Waals surface area contributed by atoms with Crippen LogP contribution in [-0.4, -0.2) is 21.9 Å². The first-order chi connectivity index (χ1) is 8.08. The van der Waals surface area contributed by atoms with Crippen molar-refractivity contribution >= 4 is 29.0 Å². The number of rotatable bonds is 2. The zero-order valence-corrected chi connectivity index (χ0v) is 9.71. The summed E-state index contributed by atoms with van der Waals surface area (Å²) < 4.78 is 5.23. The number of hydrazone groups is 1. The van der Waals surface area contributed by atoms with Crippen LogP contribution in [0.25, 0.3) is 0 Å². The smallest absolute Gasteiger partial charge is 0.371 e. The minimum atomic E-state index is -1.08. The highest BCUT2D eigenvalue weighted by Crippen LogP contribution is 2.25. The molecule has 7 heteroatoms. The molecule has 0 fully saturated rings. The number of hydrogen-bond acceptors (Lipinski definition) is 4. The second kappa shape index (κ2) is 4.54. The molecule has 0 amide bonds. The van der Waals surface area contributed by atoms with Crippen molar-refractivity contribution in [3.63, 3.8) is 0 Å². The van der Waals surface area contributed by atoms with Gasteiger partial charge in [-0.3, -0.25) is 5.43 Å². The molecule has 1 heterocycles. The molecule has 0 aliphatic heterocycles. The molecule has 1 aromatic heterocycles. The van der Waals surface area contributed by atoms with Gasteiger partial charge in [-0.15, -0.1) is 0 Å². The second-order valence-electron chi connectivity index (χ2n) is 3.64. The molecule has 0 spiro atoms. The van der Waals surface area contributed by atoms with E-state index in [1.54, 1.807) is 0 Å². The van der Waals surface area contributed by atoms with Crippen LogP contribution in [0, 0.1) is 0 Å². The summed E-state index contributed by atoms with van der Waals surface area (Å²) >= 11 is 4.65. The topological polar surface area (TPSA) is 101 Å². The van der Waals surface area contributed by atoms with Crippen molar-refractivity contribution in [1.29, 1.82) is 0 Å². The Hall–Kier alpha value is -1.89. The Labute approximate surface area is 102 Å². The summed E-state index contributed by atoms with van der Waals surface area (Å²) in [6.45, 7) is 0. The summed E-state index contributed by atoms with van der Waals surface area (Å²) in [6, 6.07) is 1.48. The van der Waals surface area contributed by atoms with E-state index in [4.69, 9.17) is 15.3 Å². The van der Waals surface area contributed by atoms with Crippen molar-refractivity contribution in [3.05, 3.63) is 23.2 Å². The number of aryl methyl sites for hydroxylation is 1. The average molecular weight is 253 g/mol. The molecular weight excluding hydrogens is 242 g/mol. The van der Waals surface area contributed by atoms with Gasteiger partial charge in [0.15, 0.2) is 5.11 Å². The van der Waals surface area contributed by atoms with E-state index in [2.05, 4.69) is 22.7 Å². The van der Waals surface area contributed by atoms with Gasteiger partial charge in [0.05, 0.1) is 5.71 Å². The summed E-state index contributed by atoms with van der Waals surface area (Å²) in [6.07, 6.45) is 2.31. The number of nitrogens with one attached hydrogen (secondary N) is 1. The fourth-order valence-electron chi connectivity index (χ4n) is 1.75. The zero-order chi connectivity index (χ0) is 12.4. The maximum Gasteiger partial charge on any atom is 0.371 e. The molecule has 0 saturated carbocycles. The number of fused-ring (bicyclic) bond motifs is 1. The number of carboxylic acid groups (broad SMARTS) is 1. The van der Waals surface area contributed by atoms with Gasteiger partial charge in [0.2, 0.25) is 5.76 Å². The number of nitrogens with zero attached hydrogens (tertiary/aromatic N) is 1. The molecule has 0 atom stereocenters. The molecular formula is C10H11N3O3S. The van der Waals surface area contributed by atoms with Crippen LogP contribution in [0.15, 0.2) is 15.6 Å². The summed E-state index contributed by atoms with van der Waals surface area (Å²) in [4.78, 5) is 10.8. The Kier molecular flexibility index (Phi) is 3.10. The maximum atomic E-state index is 10.8. The van der Waals surface area contributed by atoms with E-state index in [0.29, 0.717) is 12.2 Å². The van der Waals surface area contributed by atoms with Gasteiger partial charge in [-0.25, -0.2) is 4.79 Å². The van der Waals surface area contributed by atoms with Gasteiger partial charge < -0.3 is 15.3 Å². The molecule has 0 radical (unpaired) electrons. The van der Waals surface area contributed by atoms with E-state index < -0.39 is 5.97 Å². The van der Waals surface area contributed by atoms with Crippen molar-refractivity contribution < 1.29 is 14.3 Å². The van der Waals surface area contributed by atoms with E-state index >= 15 is 0 Å². The fourth-order valence-corrected chi connectivity index (χ4v) is 1.80. The van der Waals surface area contributed by atoms with Crippen LogP contribution >= 0.6 is 12.2 Å². The van der Waals surface area contributed by atoms with Crippen LogP contribution in [0.3, 0.4) is 0 Å². The third-order valence-corrected chi connectivity index (χ3v) is 2.54. The van der Waals surface area contributed by atoms with E-state index in [1.807, 2.05) is 0 Å². The molecule has 0 bridgehead atoms. The van der Waals surface area contributed by atoms with Crippen LogP contribution in [0.5, 0.6) is 0 Å². The summed E-state index contributed by atoms with van der Waals surface area (Å²) in [5.74, 6) is -0.502. The van der Waals surface area contributed by atoms with Crippen LogP contribution in [0.2, 0.25) is 0 Å². The number of nitrogens with two attached hydrogens (primary N) is 1. The normalized spacial score (nSPS) is 16.6. The molecule has 0 unspecified atom stereocenters. The van der Waals surface area contributed by atoms with Crippen molar-refractivity contribution in [1.82, 2.24) is 5.43 Å². The lowest BCUT2D eigenvalue weighted by Gasteiger charge is -2.11. The molecule has 4 N–H and O–H groups in total. The largest absolute Gasteiger partial charge is 0.475 e. The van der Waals surface area contributed by atoms with Crippen LogP contribution in [-0.2, 0) is 6.42 Å². The number of carbonyl (C=O) groups is 1. The highest BCUT2D eigenvalue weighted by Gasteiger charge is 2.23. The highest BCUT2D eigenvalue weighted by molar-refractivity contribution is 7.80. The van der Waals surface area contributed by atoms with Crippen molar-refractivity contribution in [3.8, 4) is 0 Å². The molecule has 17 heavy (non-hydrogen) atoms. The molecule has 1 aliphatic carbocycles. The van der Waals surface area contributed by atoms with Gasteiger partial charge >= 0.3 is 5.97 Å². The Morgan fingerprint density at radius 1 is 1.59 bits per heavy atom. The Morgan fingerprint density at radius 3 is 3.00 bits per heavy atom. The van der Waals surface area contributed by atoms with Crippen LogP contribution in [0.4, 0.5) is 0 Å². The number of thiocarbonyl (C=S) groups is 1. The predicted octanol–water partition coefficient (Wildman–Crippen LogP) is 0.851. The van der Waals surface area contributed by atoms with E-state index in [0.717, 1.165) is 24.1 Å². The Bertz CT molecular complexity index is 507. The molecule has 0 saturated heterocycles. The Morgan fingerprint density at radius 2 is 2.35 bits per heavy atom. The summed E-state index contributed by atoms with van der Waals surface area (Å²) in [5, 5.41) is 13.0. The van der Waals surface area contributed by atoms with Gasteiger partial charge in [0.25, 0.3) is 0 Å². The molecule has 1 aromatic rings. The van der Waals surface area contributed by atoms with E-state index in [9.17, 15) is 4.79 Å². The third-order valence-electron chi connectivity index (χ3n) is 2.45. The average Bonchev–Trinajstić information content (AvgIpc) is 2.70. The van der Waals surface area contributed by atoms with Gasteiger partial charge in [-0.05, 0) is 25.1 Å². The molecule has 0 aromatic carbocycles. The minimum Gasteiger partial charge on any atom is -0.475 e. The van der Waals surface area contributed by atoms with Gasteiger partial charge in [-0.1, -0.05) is 0 Å². The van der Waals surface area contributed by atoms with Gasteiger partial charge in [0.1, 0.15) is 5.76 Å². The lowest BCUT2D eigenvalue weighted by atomic mass is 9.96. The number of aromatic carboxylic acids is 1. The Balaban J connectivity index is 2.33. The maximum absolute atomic E-state index is 10.8. The zero-order valence-electron chi connectivity index (χ0n) is 8.90. The van der Waals surface area contributed by atoms with Crippen LogP contribution < -0.4 is 11.2 Å². The van der Waals surface area contributed by atoms with Gasteiger partial charge in [0, 0.05) is 18.1 Å². The van der Waals surface area contributed by atoms with Gasteiger partial charge in [-0.2, -0.15) is 5.10 Å². The van der Waals surface area contributed by atoms with E-state index in [-0.39, 0.29) is 10.9 Å². The number of hydrogen-bond donors (Lipinski definition) is 3. The van der Waals surface area contributed by atoms with Crippen LogP contribution in [0.1, 0.15) is 34.7 Å². The standard InChI is InChI=1S/C10H11N3O3S/c11-10(17)13-12-6-2-1-3-7-5(6)4-8(16-7)9(14)15/h4H,1-3H2,(H,14,15)(H3,11,13,17)/b12-6+. The SMILES string of the molecule is NC(=S)N/N=C1\CCCc2oc(C(=O)O)cc21. The summed E-state index contributed by atoms with van der Waals surface area (Å²) in [7, 11) is 0. The lowest BCUT2D eigenvalue weighted by molar-refractivity contribution is 0.0660. The first-order valence-electron chi connectivity index (χ1n) is 5.06. The first-order valence-corrected chi connectivity index (χ1v) is 5.47. The van der Waals surface area contributed by atoms with Crippen molar-refractivity contribution in [2.24, 2.45) is 10.8 Å². The molecule has 6 nitrogen and oxygen atoms in total. The third kappa shape index (κ3) is 2.44. The number of furan rings is 1. The van der Waals surface area contributed by atoms with Crippen molar-refractivity contribution in [2.45, 2.75) is 19.3 Å². The molecule has 2 rings (SSSR count). The second-order valence-corrected chi connectivity index (χ2v) is 4.08. The molecule has 1 aliphatic rings. The quantitative estimate of drug-likeness (QED) is 0.533. The minimum absolute atomic E-state index is 0.0695. The predicted molar refractivity (Wildman–Crippen MR) is 65.1 cm³/mol. The summed E-state index contributed by atoms with van der Waals surface area (Å²) in [5.41, 5.74) is 9.22. The number of carboxylic acids is 1. The first kappa shape index (κ1) is 11.6.